The first-order valence-electron chi connectivity index (χ1n) is 6.62. The van der Waals surface area contributed by atoms with Crippen molar-refractivity contribution in [2.24, 2.45) is 0 Å². The zero-order valence-corrected chi connectivity index (χ0v) is 12.6. The van der Waals surface area contributed by atoms with Gasteiger partial charge in [0.15, 0.2) is 0 Å². The number of aromatic nitrogens is 1. The molecule has 0 saturated heterocycles. The van der Waals surface area contributed by atoms with Gasteiger partial charge in [-0.2, -0.15) is 0 Å². The summed E-state index contributed by atoms with van der Waals surface area (Å²) in [5.41, 5.74) is 2.26. The lowest BCUT2D eigenvalue weighted by Gasteiger charge is -2.10. The highest BCUT2D eigenvalue weighted by molar-refractivity contribution is 7.89. The zero-order valence-electron chi connectivity index (χ0n) is 11.8. The van der Waals surface area contributed by atoms with Crippen LogP contribution in [0.5, 0.6) is 0 Å². The molecule has 1 heterocycles. The van der Waals surface area contributed by atoms with E-state index in [0.29, 0.717) is 24.1 Å². The van der Waals surface area contributed by atoms with Crippen LogP contribution in [-0.4, -0.2) is 25.1 Å². The quantitative estimate of drug-likeness (QED) is 0.845. The second kappa shape index (κ2) is 6.80. The number of benzene rings is 1. The number of aliphatic hydroxyl groups excluding tert-OH is 1. The highest BCUT2D eigenvalue weighted by atomic mass is 32.2. The van der Waals surface area contributed by atoms with Gasteiger partial charge in [-0.1, -0.05) is 12.1 Å². The molecule has 0 saturated carbocycles. The first-order chi connectivity index (χ1) is 10.0. The summed E-state index contributed by atoms with van der Waals surface area (Å²) in [6, 6.07) is 8.62. The van der Waals surface area contributed by atoms with E-state index in [2.05, 4.69) is 9.71 Å². The van der Waals surface area contributed by atoms with Crippen LogP contribution in [0.15, 0.2) is 47.6 Å². The van der Waals surface area contributed by atoms with Crippen LogP contribution in [0, 0.1) is 6.92 Å². The minimum Gasteiger partial charge on any atom is -0.392 e. The SMILES string of the molecule is Cc1ccc(CO)cc1S(=O)(=O)NCCc1ccncc1. The molecule has 0 atom stereocenters. The fourth-order valence-corrected chi connectivity index (χ4v) is 3.31. The predicted molar refractivity (Wildman–Crippen MR) is 80.2 cm³/mol. The zero-order chi connectivity index (χ0) is 15.3. The predicted octanol–water partition coefficient (Wildman–Crippen LogP) is 1.40. The Morgan fingerprint density at radius 1 is 1.14 bits per heavy atom. The van der Waals surface area contributed by atoms with Crippen LogP contribution in [0.1, 0.15) is 16.7 Å². The minimum atomic E-state index is -3.57. The number of hydrogen-bond acceptors (Lipinski definition) is 4. The molecule has 5 nitrogen and oxygen atoms in total. The van der Waals surface area contributed by atoms with Gasteiger partial charge < -0.3 is 5.11 Å². The highest BCUT2D eigenvalue weighted by Gasteiger charge is 2.16. The Morgan fingerprint density at radius 3 is 2.52 bits per heavy atom. The Hall–Kier alpha value is -1.76. The van der Waals surface area contributed by atoms with Crippen molar-refractivity contribution < 1.29 is 13.5 Å². The Labute approximate surface area is 124 Å². The second-order valence-electron chi connectivity index (χ2n) is 4.76. The van der Waals surface area contributed by atoms with Gasteiger partial charge in [0.05, 0.1) is 11.5 Å². The van der Waals surface area contributed by atoms with Gasteiger partial charge in [-0.15, -0.1) is 0 Å². The van der Waals surface area contributed by atoms with Gasteiger partial charge in [-0.25, -0.2) is 13.1 Å². The third kappa shape index (κ3) is 4.10. The Kier molecular flexibility index (Phi) is 5.06. The summed E-state index contributed by atoms with van der Waals surface area (Å²) in [5, 5.41) is 9.12. The van der Waals surface area contributed by atoms with Crippen molar-refractivity contribution in [2.45, 2.75) is 24.8 Å². The van der Waals surface area contributed by atoms with E-state index in [1.54, 1.807) is 31.5 Å². The van der Waals surface area contributed by atoms with Gasteiger partial charge in [0.2, 0.25) is 10.0 Å². The van der Waals surface area contributed by atoms with E-state index in [9.17, 15) is 8.42 Å². The monoisotopic (exact) mass is 306 g/mol. The molecule has 1 aromatic carbocycles. The van der Waals surface area contributed by atoms with Crippen molar-refractivity contribution in [3.63, 3.8) is 0 Å². The number of aryl methyl sites for hydroxylation is 1. The van der Waals surface area contributed by atoms with Crippen LogP contribution < -0.4 is 4.72 Å². The summed E-state index contributed by atoms with van der Waals surface area (Å²) in [6.45, 7) is 1.87. The third-order valence-corrected chi connectivity index (χ3v) is 4.78. The first-order valence-corrected chi connectivity index (χ1v) is 8.10. The number of pyridine rings is 1. The van der Waals surface area contributed by atoms with Crippen LogP contribution in [0.3, 0.4) is 0 Å². The van der Waals surface area contributed by atoms with Crippen molar-refractivity contribution in [1.82, 2.24) is 9.71 Å². The molecule has 0 aliphatic carbocycles. The van der Waals surface area contributed by atoms with Crippen molar-refractivity contribution in [3.8, 4) is 0 Å². The number of nitrogens with one attached hydrogen (secondary N) is 1. The molecule has 112 valence electrons. The molecule has 6 heteroatoms. The summed E-state index contributed by atoms with van der Waals surface area (Å²) in [4.78, 5) is 4.13. The van der Waals surface area contributed by atoms with Gasteiger partial charge in [0.25, 0.3) is 0 Å². The van der Waals surface area contributed by atoms with Gasteiger partial charge in [-0.05, 0) is 48.2 Å². The molecular formula is C15H18N2O3S. The van der Waals surface area contributed by atoms with Crippen LogP contribution in [-0.2, 0) is 23.1 Å². The highest BCUT2D eigenvalue weighted by Crippen LogP contribution is 2.17. The summed E-state index contributed by atoms with van der Waals surface area (Å²) >= 11 is 0. The fraction of sp³-hybridized carbons (Fsp3) is 0.267. The number of nitrogens with zero attached hydrogens (tertiary/aromatic N) is 1. The Morgan fingerprint density at radius 2 is 1.86 bits per heavy atom. The van der Waals surface area contributed by atoms with Crippen molar-refractivity contribution >= 4 is 10.0 Å². The standard InChI is InChI=1S/C15H18N2O3S/c1-12-2-3-14(11-18)10-15(12)21(19,20)17-9-6-13-4-7-16-8-5-13/h2-5,7-8,10,17-18H,6,9,11H2,1H3. The van der Waals surface area contributed by atoms with E-state index in [1.807, 2.05) is 12.1 Å². The molecule has 2 rings (SSSR count). The molecule has 2 N–H and O–H groups in total. The van der Waals surface area contributed by atoms with Gasteiger partial charge in [-0.3, -0.25) is 4.98 Å². The Balaban J connectivity index is 2.08. The summed E-state index contributed by atoms with van der Waals surface area (Å²) in [6.07, 6.45) is 3.96. The second-order valence-corrected chi connectivity index (χ2v) is 6.50. The molecule has 2 aromatic rings. The molecule has 1 aromatic heterocycles. The van der Waals surface area contributed by atoms with Crippen LogP contribution in [0.25, 0.3) is 0 Å². The van der Waals surface area contributed by atoms with E-state index in [-0.39, 0.29) is 11.5 Å². The lowest BCUT2D eigenvalue weighted by molar-refractivity contribution is 0.281. The largest absolute Gasteiger partial charge is 0.392 e. The number of aliphatic hydroxyl groups is 1. The van der Waals surface area contributed by atoms with E-state index >= 15 is 0 Å². The third-order valence-electron chi connectivity index (χ3n) is 3.18. The molecule has 0 bridgehead atoms. The first kappa shape index (κ1) is 15.6. The van der Waals surface area contributed by atoms with Crippen LogP contribution in [0.4, 0.5) is 0 Å². The summed E-state index contributed by atoms with van der Waals surface area (Å²) < 4.78 is 27.2. The van der Waals surface area contributed by atoms with Crippen molar-refractivity contribution in [3.05, 3.63) is 59.4 Å². The number of sulfonamides is 1. The average molecular weight is 306 g/mol. The minimum absolute atomic E-state index is 0.181. The lowest BCUT2D eigenvalue weighted by atomic mass is 10.2. The van der Waals surface area contributed by atoms with Crippen LogP contribution >= 0.6 is 0 Å². The maximum absolute atomic E-state index is 12.3. The number of rotatable bonds is 6. The molecule has 0 spiro atoms. The molecule has 0 aliphatic heterocycles. The van der Waals surface area contributed by atoms with E-state index < -0.39 is 10.0 Å². The van der Waals surface area contributed by atoms with E-state index in [0.717, 1.165) is 5.56 Å². The van der Waals surface area contributed by atoms with Crippen LogP contribution in [0.2, 0.25) is 0 Å². The molecule has 0 unspecified atom stereocenters. The Bertz CT molecular complexity index is 700. The fourth-order valence-electron chi connectivity index (χ4n) is 1.99. The molecule has 0 amide bonds. The lowest BCUT2D eigenvalue weighted by Crippen LogP contribution is -2.26. The summed E-state index contributed by atoms with van der Waals surface area (Å²) in [5.74, 6) is 0. The molecule has 0 radical (unpaired) electrons. The van der Waals surface area contributed by atoms with Gasteiger partial charge in [0.1, 0.15) is 0 Å². The van der Waals surface area contributed by atoms with Crippen molar-refractivity contribution in [2.75, 3.05) is 6.54 Å². The normalized spacial score (nSPS) is 11.5. The smallest absolute Gasteiger partial charge is 0.240 e. The van der Waals surface area contributed by atoms with Gasteiger partial charge in [0, 0.05) is 18.9 Å². The molecular weight excluding hydrogens is 288 g/mol. The van der Waals surface area contributed by atoms with E-state index in [4.69, 9.17) is 5.11 Å². The maximum atomic E-state index is 12.3. The average Bonchev–Trinajstić information content (AvgIpc) is 2.48. The van der Waals surface area contributed by atoms with E-state index in [1.165, 1.54) is 6.07 Å². The summed E-state index contributed by atoms with van der Waals surface area (Å²) in [7, 11) is -3.57. The molecule has 21 heavy (non-hydrogen) atoms. The molecule has 0 fully saturated rings. The number of hydrogen-bond donors (Lipinski definition) is 2. The van der Waals surface area contributed by atoms with Crippen molar-refractivity contribution in [1.29, 1.82) is 0 Å². The topological polar surface area (TPSA) is 79.3 Å². The maximum Gasteiger partial charge on any atom is 0.240 e. The van der Waals surface area contributed by atoms with Gasteiger partial charge >= 0.3 is 0 Å². The molecule has 0 aliphatic rings.